The highest BCUT2D eigenvalue weighted by molar-refractivity contribution is 9.10. The van der Waals surface area contributed by atoms with Gasteiger partial charge in [0.1, 0.15) is 5.75 Å². The molecule has 20 heavy (non-hydrogen) atoms. The number of rotatable bonds is 3. The summed E-state index contributed by atoms with van der Waals surface area (Å²) < 4.78 is 8.68. The topological polar surface area (TPSA) is 42.8 Å². The second-order valence-corrected chi connectivity index (χ2v) is 6.17. The Labute approximate surface area is 133 Å². The lowest BCUT2D eigenvalue weighted by Gasteiger charge is -2.09. The Morgan fingerprint density at radius 2 is 2.25 bits per heavy atom. The minimum Gasteiger partial charge on any atom is -0.495 e. The average molecular weight is 368 g/mol. The number of methoxy groups -OCH3 is 1. The molecule has 1 aromatic carbocycles. The smallest absolute Gasteiger partial charge is 0.200 e. The van der Waals surface area contributed by atoms with Crippen LogP contribution in [0.15, 0.2) is 40.2 Å². The first-order valence-electron chi connectivity index (χ1n) is 5.76. The zero-order valence-corrected chi connectivity index (χ0v) is 13.7. The van der Waals surface area contributed by atoms with Crippen LogP contribution >= 0.6 is 39.5 Å². The van der Waals surface area contributed by atoms with E-state index in [9.17, 15) is 0 Å². The third kappa shape index (κ3) is 2.32. The van der Waals surface area contributed by atoms with Gasteiger partial charge in [-0.25, -0.2) is 0 Å². The van der Waals surface area contributed by atoms with Gasteiger partial charge < -0.3 is 4.74 Å². The SMILES string of the molecule is COc1cc(-n2c(-c3cccs3)n[nH]c2=S)ccc1Br. The molecule has 3 rings (SSSR count). The van der Waals surface area contributed by atoms with Crippen molar-refractivity contribution in [1.29, 1.82) is 0 Å². The molecule has 2 heterocycles. The molecule has 7 heteroatoms. The van der Waals surface area contributed by atoms with Crippen LogP contribution in [0, 0.1) is 4.77 Å². The maximum atomic E-state index is 5.34. The first kappa shape index (κ1) is 13.5. The Bertz CT molecular complexity index is 792. The molecule has 4 nitrogen and oxygen atoms in total. The van der Waals surface area contributed by atoms with Crippen molar-refractivity contribution in [2.75, 3.05) is 7.11 Å². The van der Waals surface area contributed by atoms with Gasteiger partial charge in [0.2, 0.25) is 0 Å². The van der Waals surface area contributed by atoms with E-state index in [1.807, 2.05) is 40.3 Å². The van der Waals surface area contributed by atoms with Gasteiger partial charge in [-0.05, 0) is 51.7 Å². The van der Waals surface area contributed by atoms with Gasteiger partial charge in [-0.3, -0.25) is 9.67 Å². The Hall–Kier alpha value is -1.44. The molecule has 0 amide bonds. The van der Waals surface area contributed by atoms with E-state index in [4.69, 9.17) is 17.0 Å². The molecule has 0 atom stereocenters. The molecule has 0 aliphatic carbocycles. The molecule has 0 bridgehead atoms. The quantitative estimate of drug-likeness (QED) is 0.696. The Morgan fingerprint density at radius 1 is 1.40 bits per heavy atom. The van der Waals surface area contributed by atoms with E-state index in [2.05, 4.69) is 26.1 Å². The minimum atomic E-state index is 0.553. The third-order valence-electron chi connectivity index (χ3n) is 2.81. The second-order valence-electron chi connectivity index (χ2n) is 3.98. The monoisotopic (exact) mass is 367 g/mol. The lowest BCUT2D eigenvalue weighted by Crippen LogP contribution is -1.97. The number of aromatic amines is 1. The zero-order valence-electron chi connectivity index (χ0n) is 10.5. The van der Waals surface area contributed by atoms with Crippen molar-refractivity contribution in [2.45, 2.75) is 0 Å². The van der Waals surface area contributed by atoms with Gasteiger partial charge in [0.25, 0.3) is 0 Å². The van der Waals surface area contributed by atoms with Crippen molar-refractivity contribution in [3.8, 4) is 22.1 Å². The summed E-state index contributed by atoms with van der Waals surface area (Å²) in [7, 11) is 1.64. The van der Waals surface area contributed by atoms with E-state index in [1.165, 1.54) is 0 Å². The Balaban J connectivity index is 2.20. The van der Waals surface area contributed by atoms with Crippen LogP contribution in [0.3, 0.4) is 0 Å². The van der Waals surface area contributed by atoms with Gasteiger partial charge in [0, 0.05) is 6.07 Å². The van der Waals surface area contributed by atoms with Crippen LogP contribution in [0.5, 0.6) is 5.75 Å². The van der Waals surface area contributed by atoms with Gasteiger partial charge in [-0.2, -0.15) is 5.10 Å². The van der Waals surface area contributed by atoms with Crippen molar-refractivity contribution in [3.05, 3.63) is 45.0 Å². The Kier molecular flexibility index (Phi) is 3.73. The molecular weight excluding hydrogens is 358 g/mol. The molecule has 3 aromatic rings. The van der Waals surface area contributed by atoms with Crippen molar-refractivity contribution in [3.63, 3.8) is 0 Å². The molecule has 0 saturated heterocycles. The van der Waals surface area contributed by atoms with Crippen LogP contribution in [-0.4, -0.2) is 21.9 Å². The molecular formula is C13H10BrN3OS2. The number of benzene rings is 1. The normalized spacial score (nSPS) is 10.7. The summed E-state index contributed by atoms with van der Waals surface area (Å²) in [5.41, 5.74) is 0.909. The standard InChI is InChI=1S/C13H10BrN3OS2/c1-18-10-7-8(4-5-9(10)14)17-12(15-16-13(17)19)11-3-2-6-20-11/h2-7H,1H3,(H,16,19). The first-order valence-corrected chi connectivity index (χ1v) is 7.84. The summed E-state index contributed by atoms with van der Waals surface area (Å²) in [5.74, 6) is 1.55. The van der Waals surface area contributed by atoms with Gasteiger partial charge in [-0.15, -0.1) is 11.3 Å². The number of thiophene rings is 1. The molecule has 102 valence electrons. The summed E-state index contributed by atoms with van der Waals surface area (Å²) in [6.07, 6.45) is 0. The summed E-state index contributed by atoms with van der Waals surface area (Å²) in [5, 5.41) is 9.18. The molecule has 0 fully saturated rings. The maximum absolute atomic E-state index is 5.34. The molecule has 0 spiro atoms. The fourth-order valence-electron chi connectivity index (χ4n) is 1.90. The summed E-state index contributed by atoms with van der Waals surface area (Å²) in [6.45, 7) is 0. The lowest BCUT2D eigenvalue weighted by atomic mass is 10.3. The lowest BCUT2D eigenvalue weighted by molar-refractivity contribution is 0.412. The predicted octanol–water partition coefficient (Wildman–Crippen LogP) is 4.43. The van der Waals surface area contributed by atoms with Crippen LogP contribution in [-0.2, 0) is 0 Å². The molecule has 2 aromatic heterocycles. The summed E-state index contributed by atoms with van der Waals surface area (Å²) >= 11 is 10.4. The highest BCUT2D eigenvalue weighted by atomic mass is 79.9. The zero-order chi connectivity index (χ0) is 14.1. The van der Waals surface area contributed by atoms with Crippen molar-refractivity contribution >= 4 is 39.5 Å². The molecule has 1 N–H and O–H groups in total. The minimum absolute atomic E-state index is 0.553. The van der Waals surface area contributed by atoms with Crippen LogP contribution in [0.2, 0.25) is 0 Å². The van der Waals surface area contributed by atoms with Crippen molar-refractivity contribution in [1.82, 2.24) is 14.8 Å². The number of nitrogens with one attached hydrogen (secondary N) is 1. The van der Waals surface area contributed by atoms with Crippen molar-refractivity contribution < 1.29 is 4.74 Å². The summed E-state index contributed by atoms with van der Waals surface area (Å²) in [4.78, 5) is 1.05. The number of hydrogen-bond donors (Lipinski definition) is 1. The third-order valence-corrected chi connectivity index (χ3v) is 4.60. The van der Waals surface area contributed by atoms with E-state index in [1.54, 1.807) is 18.4 Å². The maximum Gasteiger partial charge on any atom is 0.200 e. The Morgan fingerprint density at radius 3 is 2.95 bits per heavy atom. The number of aromatic nitrogens is 3. The number of halogens is 1. The predicted molar refractivity (Wildman–Crippen MR) is 86.3 cm³/mol. The van der Waals surface area contributed by atoms with Gasteiger partial charge in [0.05, 0.1) is 22.1 Å². The van der Waals surface area contributed by atoms with E-state index in [0.29, 0.717) is 4.77 Å². The second kappa shape index (κ2) is 5.51. The van der Waals surface area contributed by atoms with E-state index < -0.39 is 0 Å². The number of ether oxygens (including phenoxy) is 1. The first-order chi connectivity index (χ1) is 9.70. The van der Waals surface area contributed by atoms with Crippen LogP contribution in [0.25, 0.3) is 16.4 Å². The molecule has 0 radical (unpaired) electrons. The van der Waals surface area contributed by atoms with Crippen LogP contribution in [0.1, 0.15) is 0 Å². The van der Waals surface area contributed by atoms with E-state index >= 15 is 0 Å². The molecule has 0 aliphatic rings. The van der Waals surface area contributed by atoms with Crippen LogP contribution in [0.4, 0.5) is 0 Å². The average Bonchev–Trinajstić information content (AvgIpc) is 3.08. The van der Waals surface area contributed by atoms with Gasteiger partial charge in [0.15, 0.2) is 10.6 Å². The van der Waals surface area contributed by atoms with Gasteiger partial charge in [-0.1, -0.05) is 6.07 Å². The van der Waals surface area contributed by atoms with Crippen LogP contribution < -0.4 is 4.74 Å². The molecule has 0 aliphatic heterocycles. The largest absolute Gasteiger partial charge is 0.495 e. The number of hydrogen-bond acceptors (Lipinski definition) is 4. The highest BCUT2D eigenvalue weighted by Crippen LogP contribution is 2.30. The molecule has 0 saturated carbocycles. The number of H-pyrrole nitrogens is 1. The molecule has 0 unspecified atom stereocenters. The number of nitrogens with zero attached hydrogens (tertiary/aromatic N) is 2. The van der Waals surface area contributed by atoms with E-state index in [0.717, 1.165) is 26.6 Å². The highest BCUT2D eigenvalue weighted by Gasteiger charge is 2.13. The fraction of sp³-hybridized carbons (Fsp3) is 0.0769. The summed E-state index contributed by atoms with van der Waals surface area (Å²) in [6, 6.07) is 9.83. The fourth-order valence-corrected chi connectivity index (χ4v) is 3.24. The van der Waals surface area contributed by atoms with Gasteiger partial charge >= 0.3 is 0 Å². The van der Waals surface area contributed by atoms with Crippen molar-refractivity contribution in [2.24, 2.45) is 0 Å². The van der Waals surface area contributed by atoms with E-state index in [-0.39, 0.29) is 0 Å².